The number of benzene rings is 1. The fourth-order valence-electron chi connectivity index (χ4n) is 3.82. The van der Waals surface area contributed by atoms with Gasteiger partial charge < -0.3 is 4.90 Å². The minimum Gasteiger partial charge on any atom is -0.371 e. The first-order chi connectivity index (χ1) is 10.2. The van der Waals surface area contributed by atoms with Gasteiger partial charge in [-0.05, 0) is 43.2 Å². The van der Waals surface area contributed by atoms with Gasteiger partial charge in [-0.1, -0.05) is 25.7 Å². The number of rotatable bonds is 3. The SMILES string of the molecule is O=[N+]([O-])c1ccc2c(c1)CCCN2CC1CCCCCC1. The van der Waals surface area contributed by atoms with Gasteiger partial charge in [0.25, 0.3) is 5.69 Å². The van der Waals surface area contributed by atoms with E-state index >= 15 is 0 Å². The zero-order chi connectivity index (χ0) is 14.7. The van der Waals surface area contributed by atoms with Crippen molar-refractivity contribution in [2.24, 2.45) is 5.92 Å². The highest BCUT2D eigenvalue weighted by atomic mass is 16.6. The number of nitrogens with zero attached hydrogens (tertiary/aromatic N) is 2. The van der Waals surface area contributed by atoms with Crippen molar-refractivity contribution < 1.29 is 4.92 Å². The van der Waals surface area contributed by atoms with Gasteiger partial charge in [-0.2, -0.15) is 0 Å². The van der Waals surface area contributed by atoms with Crippen LogP contribution in [0.1, 0.15) is 50.5 Å². The van der Waals surface area contributed by atoms with Crippen LogP contribution in [0, 0.1) is 16.0 Å². The van der Waals surface area contributed by atoms with Crippen LogP contribution < -0.4 is 4.90 Å². The molecule has 0 saturated heterocycles. The standard InChI is InChI=1S/C17H24N2O2/c20-19(21)16-9-10-17-15(12-16)8-5-11-18(17)13-14-6-3-1-2-4-7-14/h9-10,12,14H,1-8,11,13H2. The van der Waals surface area contributed by atoms with Gasteiger partial charge >= 0.3 is 0 Å². The smallest absolute Gasteiger partial charge is 0.269 e. The first-order valence-electron chi connectivity index (χ1n) is 8.26. The molecule has 0 aromatic heterocycles. The monoisotopic (exact) mass is 288 g/mol. The molecule has 1 aliphatic carbocycles. The summed E-state index contributed by atoms with van der Waals surface area (Å²) >= 11 is 0. The van der Waals surface area contributed by atoms with Crippen LogP contribution in [0.2, 0.25) is 0 Å². The van der Waals surface area contributed by atoms with Gasteiger partial charge in [0, 0.05) is 30.9 Å². The van der Waals surface area contributed by atoms with Crippen molar-refractivity contribution in [2.75, 3.05) is 18.0 Å². The van der Waals surface area contributed by atoms with E-state index in [1.807, 2.05) is 6.07 Å². The zero-order valence-electron chi connectivity index (χ0n) is 12.6. The van der Waals surface area contributed by atoms with Crippen LogP contribution >= 0.6 is 0 Å². The Morgan fingerprint density at radius 1 is 1.14 bits per heavy atom. The summed E-state index contributed by atoms with van der Waals surface area (Å²) in [6.07, 6.45) is 10.3. The zero-order valence-corrected chi connectivity index (χ0v) is 12.6. The van der Waals surface area contributed by atoms with Crippen LogP contribution in [0.15, 0.2) is 18.2 Å². The van der Waals surface area contributed by atoms with E-state index in [0.717, 1.165) is 37.4 Å². The van der Waals surface area contributed by atoms with Gasteiger partial charge in [0.15, 0.2) is 0 Å². The van der Waals surface area contributed by atoms with Crippen molar-refractivity contribution in [3.63, 3.8) is 0 Å². The van der Waals surface area contributed by atoms with Gasteiger partial charge in [-0.3, -0.25) is 10.1 Å². The number of nitro groups is 1. The molecule has 4 heteroatoms. The molecule has 0 atom stereocenters. The normalized spacial score (nSPS) is 19.9. The van der Waals surface area contributed by atoms with E-state index < -0.39 is 0 Å². The number of fused-ring (bicyclic) bond motifs is 1. The molecule has 3 rings (SSSR count). The highest BCUT2D eigenvalue weighted by Crippen LogP contribution is 2.32. The topological polar surface area (TPSA) is 46.4 Å². The van der Waals surface area contributed by atoms with Crippen molar-refractivity contribution in [1.82, 2.24) is 0 Å². The van der Waals surface area contributed by atoms with Crippen LogP contribution in [0.4, 0.5) is 11.4 Å². The first kappa shape index (κ1) is 14.4. The minimum atomic E-state index is -0.287. The summed E-state index contributed by atoms with van der Waals surface area (Å²) in [6, 6.07) is 5.39. The molecule has 0 bridgehead atoms. The molecule has 1 aliphatic heterocycles. The number of nitro benzene ring substituents is 1. The van der Waals surface area contributed by atoms with E-state index in [1.165, 1.54) is 44.2 Å². The summed E-state index contributed by atoms with van der Waals surface area (Å²) in [6.45, 7) is 2.23. The molecule has 1 aromatic carbocycles. The van der Waals surface area contributed by atoms with Crippen molar-refractivity contribution in [3.8, 4) is 0 Å². The quantitative estimate of drug-likeness (QED) is 0.473. The van der Waals surface area contributed by atoms with Crippen molar-refractivity contribution in [3.05, 3.63) is 33.9 Å². The maximum atomic E-state index is 10.9. The molecule has 114 valence electrons. The summed E-state index contributed by atoms with van der Waals surface area (Å²) in [4.78, 5) is 13.1. The Morgan fingerprint density at radius 3 is 2.62 bits per heavy atom. The molecule has 4 nitrogen and oxygen atoms in total. The van der Waals surface area contributed by atoms with Gasteiger partial charge in [-0.15, -0.1) is 0 Å². The highest BCUT2D eigenvalue weighted by molar-refractivity contribution is 5.59. The summed E-state index contributed by atoms with van der Waals surface area (Å²) in [5, 5.41) is 10.9. The molecule has 1 aromatic rings. The molecule has 0 amide bonds. The number of non-ortho nitro benzene ring substituents is 1. The number of aryl methyl sites for hydroxylation is 1. The molecule has 0 radical (unpaired) electrons. The van der Waals surface area contributed by atoms with Crippen LogP contribution in [0.5, 0.6) is 0 Å². The molecule has 0 spiro atoms. The van der Waals surface area contributed by atoms with E-state index in [0.29, 0.717) is 0 Å². The summed E-state index contributed by atoms with van der Waals surface area (Å²) in [7, 11) is 0. The van der Waals surface area contributed by atoms with E-state index in [1.54, 1.807) is 12.1 Å². The van der Waals surface area contributed by atoms with E-state index in [4.69, 9.17) is 0 Å². The maximum absolute atomic E-state index is 10.9. The summed E-state index contributed by atoms with van der Waals surface area (Å²) in [5.74, 6) is 0.800. The van der Waals surface area contributed by atoms with Crippen molar-refractivity contribution in [1.29, 1.82) is 0 Å². The average Bonchev–Trinajstić information content (AvgIpc) is 2.75. The fraction of sp³-hybridized carbons (Fsp3) is 0.647. The number of hydrogen-bond donors (Lipinski definition) is 0. The van der Waals surface area contributed by atoms with E-state index in [2.05, 4.69) is 4.90 Å². The Hall–Kier alpha value is -1.58. The third-order valence-corrected chi connectivity index (χ3v) is 4.94. The predicted octanol–water partition coefficient (Wildman–Crippen LogP) is 4.32. The van der Waals surface area contributed by atoms with E-state index in [-0.39, 0.29) is 10.6 Å². The summed E-state index contributed by atoms with van der Waals surface area (Å²) in [5.41, 5.74) is 2.62. The Bertz CT molecular complexity index is 508. The van der Waals surface area contributed by atoms with Crippen molar-refractivity contribution >= 4 is 11.4 Å². The summed E-state index contributed by atoms with van der Waals surface area (Å²) < 4.78 is 0. The predicted molar refractivity (Wildman–Crippen MR) is 84.8 cm³/mol. The third-order valence-electron chi connectivity index (χ3n) is 4.94. The molecular formula is C17H24N2O2. The molecule has 0 N–H and O–H groups in total. The Kier molecular flexibility index (Phi) is 4.42. The Labute approximate surface area is 126 Å². The number of hydrogen-bond acceptors (Lipinski definition) is 3. The third kappa shape index (κ3) is 3.36. The highest BCUT2D eigenvalue weighted by Gasteiger charge is 2.22. The molecule has 0 unspecified atom stereocenters. The van der Waals surface area contributed by atoms with Gasteiger partial charge in [0.1, 0.15) is 0 Å². The first-order valence-corrected chi connectivity index (χ1v) is 8.26. The lowest BCUT2D eigenvalue weighted by molar-refractivity contribution is -0.384. The fourth-order valence-corrected chi connectivity index (χ4v) is 3.82. The van der Waals surface area contributed by atoms with Crippen LogP contribution in [0.25, 0.3) is 0 Å². The molecule has 1 fully saturated rings. The molecule has 21 heavy (non-hydrogen) atoms. The van der Waals surface area contributed by atoms with Gasteiger partial charge in [-0.25, -0.2) is 0 Å². The van der Waals surface area contributed by atoms with Gasteiger partial charge in [0.05, 0.1) is 4.92 Å². The Balaban J connectivity index is 1.75. The van der Waals surface area contributed by atoms with Crippen molar-refractivity contribution in [2.45, 2.75) is 51.4 Å². The van der Waals surface area contributed by atoms with Crippen LogP contribution in [-0.4, -0.2) is 18.0 Å². The maximum Gasteiger partial charge on any atom is 0.269 e. The second-order valence-corrected chi connectivity index (χ2v) is 6.48. The lowest BCUT2D eigenvalue weighted by Crippen LogP contribution is -2.34. The second-order valence-electron chi connectivity index (χ2n) is 6.48. The van der Waals surface area contributed by atoms with Gasteiger partial charge in [0.2, 0.25) is 0 Å². The number of anilines is 1. The second kappa shape index (κ2) is 6.46. The molecule has 2 aliphatic rings. The lowest BCUT2D eigenvalue weighted by atomic mass is 9.96. The molecular weight excluding hydrogens is 264 g/mol. The van der Waals surface area contributed by atoms with Crippen LogP contribution in [0.3, 0.4) is 0 Å². The average molecular weight is 288 g/mol. The van der Waals surface area contributed by atoms with E-state index in [9.17, 15) is 10.1 Å². The molecule has 1 saturated carbocycles. The molecule has 1 heterocycles. The minimum absolute atomic E-state index is 0.227. The lowest BCUT2D eigenvalue weighted by Gasteiger charge is -2.34. The Morgan fingerprint density at radius 2 is 1.90 bits per heavy atom. The largest absolute Gasteiger partial charge is 0.371 e. The van der Waals surface area contributed by atoms with Crippen LogP contribution in [-0.2, 0) is 6.42 Å².